The summed E-state index contributed by atoms with van der Waals surface area (Å²) in [7, 11) is 0. The molecule has 3 nitrogen and oxygen atoms in total. The number of hydrogen-bond acceptors (Lipinski definition) is 4. The summed E-state index contributed by atoms with van der Waals surface area (Å²) in [4.78, 5) is 0. The summed E-state index contributed by atoms with van der Waals surface area (Å²) in [6, 6.07) is 0. The molecule has 0 spiro atoms. The van der Waals surface area contributed by atoms with Gasteiger partial charge in [-0.25, -0.2) is 0 Å². The largest absolute Gasteiger partial charge is 0.396 e. The third-order valence-electron chi connectivity index (χ3n) is 0.843. The van der Waals surface area contributed by atoms with Gasteiger partial charge in [0.2, 0.25) is 0 Å². The molecule has 0 rings (SSSR count). The Kier molecular flexibility index (Phi) is 9.44. The van der Waals surface area contributed by atoms with E-state index in [2.05, 4.69) is 0 Å². The Hall–Kier alpha value is 0.230. The maximum absolute atomic E-state index is 8.37. The van der Waals surface area contributed by atoms with E-state index in [-0.39, 0.29) is 13.2 Å². The summed E-state index contributed by atoms with van der Waals surface area (Å²) in [6.07, 6.45) is 0. The normalized spacial score (nSPS) is 10.2. The summed E-state index contributed by atoms with van der Waals surface area (Å²) < 4.78 is 4.98. The molecule has 0 saturated heterocycles. The third-order valence-corrected chi connectivity index (χ3v) is 1.77. The second-order valence-corrected chi connectivity index (χ2v) is 2.90. The molecule has 0 aromatic carbocycles. The minimum absolute atomic E-state index is 0.0880. The molecule has 0 radical (unpaired) electrons. The van der Waals surface area contributed by atoms with Gasteiger partial charge in [0.05, 0.1) is 26.4 Å². The minimum Gasteiger partial charge on any atom is -0.396 e. The summed E-state index contributed by atoms with van der Waals surface area (Å²) in [6.45, 7) is 1.39. The van der Waals surface area contributed by atoms with Crippen LogP contribution in [0.5, 0.6) is 0 Å². The monoisotopic (exact) mass is 166 g/mol. The van der Waals surface area contributed by atoms with Gasteiger partial charge in [-0.2, -0.15) is 11.8 Å². The highest BCUT2D eigenvalue weighted by Gasteiger charge is 1.87. The lowest BCUT2D eigenvalue weighted by Crippen LogP contribution is -2.03. The SMILES string of the molecule is OCCOCCSCCO. The van der Waals surface area contributed by atoms with Crippen molar-refractivity contribution in [3.05, 3.63) is 0 Å². The summed E-state index contributed by atoms with van der Waals surface area (Å²) in [5.74, 6) is 1.66. The second-order valence-electron chi connectivity index (χ2n) is 1.67. The van der Waals surface area contributed by atoms with Crippen molar-refractivity contribution in [2.75, 3.05) is 37.9 Å². The molecule has 0 fully saturated rings. The van der Waals surface area contributed by atoms with Crippen LogP contribution >= 0.6 is 11.8 Å². The molecule has 0 aromatic heterocycles. The van der Waals surface area contributed by atoms with Gasteiger partial charge in [-0.1, -0.05) is 0 Å². The number of ether oxygens (including phenoxy) is 1. The highest BCUT2D eigenvalue weighted by Crippen LogP contribution is 1.96. The molecular formula is C6H14O3S. The number of thioether (sulfide) groups is 1. The average Bonchev–Trinajstić information content (AvgIpc) is 1.97. The molecule has 0 aliphatic carbocycles. The Labute approximate surface area is 65.4 Å². The van der Waals surface area contributed by atoms with Crippen LogP contribution in [0.3, 0.4) is 0 Å². The van der Waals surface area contributed by atoms with Gasteiger partial charge in [0.25, 0.3) is 0 Å². The summed E-state index contributed by atoms with van der Waals surface area (Å²) in [5, 5.41) is 16.7. The molecule has 0 bridgehead atoms. The van der Waals surface area contributed by atoms with Gasteiger partial charge >= 0.3 is 0 Å². The number of hydrogen-bond donors (Lipinski definition) is 2. The quantitative estimate of drug-likeness (QED) is 0.511. The van der Waals surface area contributed by atoms with E-state index in [1.807, 2.05) is 0 Å². The molecule has 0 aliphatic rings. The standard InChI is InChI=1S/C6H14O3S/c7-1-3-9-4-6-10-5-2-8/h7-8H,1-6H2. The predicted octanol–water partition coefficient (Wildman–Crippen LogP) is -0.279. The molecule has 2 N–H and O–H groups in total. The van der Waals surface area contributed by atoms with Crippen LogP contribution in [0, 0.1) is 0 Å². The smallest absolute Gasteiger partial charge is 0.0698 e. The Morgan fingerprint density at radius 1 is 1.00 bits per heavy atom. The summed E-state index contributed by atoms with van der Waals surface area (Å²) in [5.41, 5.74) is 0. The van der Waals surface area contributed by atoms with Crippen molar-refractivity contribution in [2.24, 2.45) is 0 Å². The molecular weight excluding hydrogens is 152 g/mol. The van der Waals surface area contributed by atoms with Crippen LogP contribution in [0.15, 0.2) is 0 Å². The molecule has 62 valence electrons. The number of aliphatic hydroxyl groups is 2. The zero-order valence-electron chi connectivity index (χ0n) is 5.95. The fourth-order valence-electron chi connectivity index (χ4n) is 0.451. The van der Waals surface area contributed by atoms with Gasteiger partial charge in [-0.05, 0) is 0 Å². The van der Waals surface area contributed by atoms with Crippen LogP contribution in [-0.4, -0.2) is 48.1 Å². The highest BCUT2D eigenvalue weighted by molar-refractivity contribution is 7.99. The molecule has 10 heavy (non-hydrogen) atoms. The first-order chi connectivity index (χ1) is 4.91. The van der Waals surface area contributed by atoms with Gasteiger partial charge < -0.3 is 14.9 Å². The van der Waals surface area contributed by atoms with Crippen LogP contribution in [0.1, 0.15) is 0 Å². The lowest BCUT2D eigenvalue weighted by molar-refractivity contribution is 0.103. The Morgan fingerprint density at radius 2 is 1.80 bits per heavy atom. The molecule has 0 heterocycles. The lowest BCUT2D eigenvalue weighted by Gasteiger charge is -1.99. The maximum Gasteiger partial charge on any atom is 0.0698 e. The van der Waals surface area contributed by atoms with Crippen LogP contribution in [0.25, 0.3) is 0 Å². The van der Waals surface area contributed by atoms with Crippen molar-refractivity contribution < 1.29 is 14.9 Å². The van der Waals surface area contributed by atoms with Gasteiger partial charge in [-0.3, -0.25) is 0 Å². The maximum atomic E-state index is 8.37. The predicted molar refractivity (Wildman–Crippen MR) is 42.3 cm³/mol. The van der Waals surface area contributed by atoms with Crippen LogP contribution in [-0.2, 0) is 4.74 Å². The Balaban J connectivity index is 2.65. The Bertz CT molecular complexity index is 53.0. The molecule has 4 heteroatoms. The zero-order chi connectivity index (χ0) is 7.66. The first kappa shape index (κ1) is 10.2. The minimum atomic E-state index is 0.0880. The van der Waals surface area contributed by atoms with Crippen molar-refractivity contribution in [1.82, 2.24) is 0 Å². The molecule has 0 aromatic rings. The van der Waals surface area contributed by atoms with Gasteiger partial charge in [0, 0.05) is 11.5 Å². The van der Waals surface area contributed by atoms with E-state index in [1.165, 1.54) is 0 Å². The van der Waals surface area contributed by atoms with E-state index in [9.17, 15) is 0 Å². The van der Waals surface area contributed by atoms with E-state index < -0.39 is 0 Å². The van der Waals surface area contributed by atoms with E-state index in [0.717, 1.165) is 11.5 Å². The lowest BCUT2D eigenvalue weighted by atomic mass is 10.7. The molecule has 0 unspecified atom stereocenters. The van der Waals surface area contributed by atoms with Crippen LogP contribution < -0.4 is 0 Å². The number of rotatable bonds is 7. The van der Waals surface area contributed by atoms with Crippen molar-refractivity contribution in [3.63, 3.8) is 0 Å². The van der Waals surface area contributed by atoms with E-state index in [1.54, 1.807) is 11.8 Å². The van der Waals surface area contributed by atoms with Gasteiger partial charge in [-0.15, -0.1) is 0 Å². The average molecular weight is 166 g/mol. The van der Waals surface area contributed by atoms with Gasteiger partial charge in [0.1, 0.15) is 0 Å². The van der Waals surface area contributed by atoms with Crippen LogP contribution in [0.4, 0.5) is 0 Å². The zero-order valence-corrected chi connectivity index (χ0v) is 6.77. The molecule has 0 amide bonds. The van der Waals surface area contributed by atoms with Gasteiger partial charge in [0.15, 0.2) is 0 Å². The molecule has 0 atom stereocenters. The fraction of sp³-hybridized carbons (Fsp3) is 1.00. The first-order valence-corrected chi connectivity index (χ1v) is 4.44. The first-order valence-electron chi connectivity index (χ1n) is 3.29. The second kappa shape index (κ2) is 9.23. The summed E-state index contributed by atoms with van der Waals surface area (Å²) >= 11 is 1.65. The van der Waals surface area contributed by atoms with E-state index in [0.29, 0.717) is 13.2 Å². The number of aliphatic hydroxyl groups excluding tert-OH is 2. The van der Waals surface area contributed by atoms with E-state index in [4.69, 9.17) is 14.9 Å². The van der Waals surface area contributed by atoms with Crippen molar-refractivity contribution >= 4 is 11.8 Å². The van der Waals surface area contributed by atoms with E-state index >= 15 is 0 Å². The van der Waals surface area contributed by atoms with Crippen molar-refractivity contribution in [2.45, 2.75) is 0 Å². The highest BCUT2D eigenvalue weighted by atomic mass is 32.2. The fourth-order valence-corrected chi connectivity index (χ4v) is 1.02. The van der Waals surface area contributed by atoms with Crippen LogP contribution in [0.2, 0.25) is 0 Å². The molecule has 0 aliphatic heterocycles. The Morgan fingerprint density at radius 3 is 2.40 bits per heavy atom. The molecule has 0 saturated carbocycles. The third kappa shape index (κ3) is 8.23. The van der Waals surface area contributed by atoms with Crippen molar-refractivity contribution in [1.29, 1.82) is 0 Å². The van der Waals surface area contributed by atoms with Crippen molar-refractivity contribution in [3.8, 4) is 0 Å². The topological polar surface area (TPSA) is 49.7 Å².